The van der Waals surface area contributed by atoms with E-state index in [4.69, 9.17) is 0 Å². The predicted molar refractivity (Wildman–Crippen MR) is 94.0 cm³/mol. The van der Waals surface area contributed by atoms with Gasteiger partial charge in [0.25, 0.3) is 0 Å². The quantitative estimate of drug-likeness (QED) is 0.505. The van der Waals surface area contributed by atoms with Crippen molar-refractivity contribution in [2.24, 2.45) is 5.92 Å². The summed E-state index contributed by atoms with van der Waals surface area (Å²) in [6.07, 6.45) is 11.3. The van der Waals surface area contributed by atoms with Gasteiger partial charge >= 0.3 is 0 Å². The van der Waals surface area contributed by atoms with Crippen LogP contribution in [-0.2, 0) is 0 Å². The highest BCUT2D eigenvalue weighted by Gasteiger charge is 2.32. The van der Waals surface area contributed by atoms with Gasteiger partial charge in [-0.15, -0.1) is 5.47 Å². The molecule has 1 aliphatic rings. The molecule has 0 saturated heterocycles. The van der Waals surface area contributed by atoms with E-state index in [1.807, 2.05) is 10.7 Å². The van der Waals surface area contributed by atoms with Gasteiger partial charge < -0.3 is 0 Å². The fourth-order valence-electron chi connectivity index (χ4n) is 4.23. The Labute approximate surface area is 123 Å². The Kier molecular flexibility index (Phi) is 6.93. The van der Waals surface area contributed by atoms with Crippen molar-refractivity contribution in [3.63, 3.8) is 0 Å². The maximum atomic E-state index is 2.58. The first-order valence-electron chi connectivity index (χ1n) is 8.69. The minimum Gasteiger partial charge on any atom is -0.106 e. The maximum Gasteiger partial charge on any atom is 0.169 e. The highest BCUT2D eigenvalue weighted by molar-refractivity contribution is 6.85. The molecule has 0 unspecified atom stereocenters. The summed E-state index contributed by atoms with van der Waals surface area (Å²) in [6, 6.07) is 0. The minimum absolute atomic E-state index is 0.855. The minimum atomic E-state index is -1.17. The van der Waals surface area contributed by atoms with Crippen LogP contribution in [0.3, 0.4) is 0 Å². The molecule has 1 saturated carbocycles. The normalized spacial score (nSPS) is 19.3. The van der Waals surface area contributed by atoms with Gasteiger partial charge in [0, 0.05) is 0 Å². The van der Waals surface area contributed by atoms with Crippen molar-refractivity contribution in [2.45, 2.75) is 91.6 Å². The second kappa shape index (κ2) is 7.71. The van der Waals surface area contributed by atoms with Crippen LogP contribution >= 0.6 is 0 Å². The third-order valence-electron chi connectivity index (χ3n) is 5.03. The highest BCUT2D eigenvalue weighted by Crippen LogP contribution is 2.38. The number of rotatable bonds is 6. The second-order valence-electron chi connectivity index (χ2n) is 7.39. The molecule has 0 radical (unpaired) electrons. The lowest BCUT2D eigenvalue weighted by atomic mass is 9.40. The number of hydrogen-bond acceptors (Lipinski definition) is 0. The Bertz CT molecular complexity index is 291. The van der Waals surface area contributed by atoms with E-state index in [2.05, 4.69) is 40.4 Å². The molecule has 0 aromatic carbocycles. The second-order valence-corrected chi connectivity index (χ2v) is 12.4. The highest BCUT2D eigenvalue weighted by atomic mass is 28.3. The van der Waals surface area contributed by atoms with E-state index >= 15 is 0 Å². The fraction of sp³-hybridized carbons (Fsp3) is 0.882. The van der Waals surface area contributed by atoms with Crippen molar-refractivity contribution < 1.29 is 0 Å². The summed E-state index contributed by atoms with van der Waals surface area (Å²) < 4.78 is 0. The van der Waals surface area contributed by atoms with Crippen LogP contribution in [0.15, 0.2) is 10.7 Å². The number of allylic oxidation sites excluding steroid dienone is 2. The van der Waals surface area contributed by atoms with Gasteiger partial charge in [-0.1, -0.05) is 77.5 Å². The first-order chi connectivity index (χ1) is 8.95. The topological polar surface area (TPSA) is 0 Å². The summed E-state index contributed by atoms with van der Waals surface area (Å²) in [5.41, 5.74) is 1.87. The molecule has 0 aromatic rings. The maximum absolute atomic E-state index is 2.58. The monoisotopic (exact) mass is 278 g/mol. The molecule has 1 fully saturated rings. The molecule has 0 heterocycles. The lowest BCUT2D eigenvalue weighted by Crippen LogP contribution is -2.35. The molecule has 2 heteroatoms. The zero-order valence-corrected chi connectivity index (χ0v) is 15.3. The Morgan fingerprint density at radius 3 is 1.84 bits per heavy atom. The van der Waals surface area contributed by atoms with E-state index in [1.165, 1.54) is 51.2 Å². The Morgan fingerprint density at radius 2 is 1.47 bits per heavy atom. The average Bonchev–Trinajstić information content (AvgIpc) is 2.38. The van der Waals surface area contributed by atoms with Crippen molar-refractivity contribution in [3.05, 3.63) is 10.7 Å². The van der Waals surface area contributed by atoms with Crippen molar-refractivity contribution in [1.29, 1.82) is 0 Å². The van der Waals surface area contributed by atoms with Crippen LogP contribution in [0.4, 0.5) is 0 Å². The van der Waals surface area contributed by atoms with E-state index in [1.54, 1.807) is 0 Å². The van der Waals surface area contributed by atoms with Crippen molar-refractivity contribution in [3.8, 4) is 0 Å². The van der Waals surface area contributed by atoms with Crippen LogP contribution < -0.4 is 0 Å². The summed E-state index contributed by atoms with van der Waals surface area (Å²) in [5, 5.41) is 1.98. The molecule has 1 aliphatic carbocycles. The lowest BCUT2D eigenvalue weighted by molar-refractivity contribution is 0.410. The third-order valence-corrected chi connectivity index (χ3v) is 7.37. The molecule has 0 aliphatic heterocycles. The first kappa shape index (κ1) is 17.1. The van der Waals surface area contributed by atoms with Gasteiger partial charge in [-0.3, -0.25) is 0 Å². The summed E-state index contributed by atoms with van der Waals surface area (Å²) in [5.74, 6) is 0.941. The van der Waals surface area contributed by atoms with Crippen LogP contribution in [0.25, 0.3) is 0 Å². The molecule has 0 amide bonds. The summed E-state index contributed by atoms with van der Waals surface area (Å²) in [4.78, 5) is 0. The molecule has 0 atom stereocenters. The Balaban J connectivity index is 3.17. The zero-order valence-electron chi connectivity index (χ0n) is 14.3. The van der Waals surface area contributed by atoms with Crippen molar-refractivity contribution in [2.75, 3.05) is 0 Å². The van der Waals surface area contributed by atoms with Gasteiger partial charge in [0.05, 0.1) is 8.07 Å². The van der Waals surface area contributed by atoms with Gasteiger partial charge in [0.2, 0.25) is 0 Å². The largest absolute Gasteiger partial charge is 0.169 e. The van der Waals surface area contributed by atoms with Crippen LogP contribution in [0.2, 0.25) is 32.3 Å². The lowest BCUT2D eigenvalue weighted by Gasteiger charge is -2.36. The first-order valence-corrected chi connectivity index (χ1v) is 12.2. The molecular formula is C17H35BSi. The molecule has 0 N–H and O–H groups in total. The summed E-state index contributed by atoms with van der Waals surface area (Å²) in [6.45, 7) is 15.8. The standard InChI is InChI=1S/C17H35BSi/c1-7-16(18(8-2)9-3)17(19(4,5)6)15-13-11-10-12-14-15/h15H,7-14H2,1-6H3/b17-16-. The molecule has 19 heavy (non-hydrogen) atoms. The van der Waals surface area contributed by atoms with Crippen LogP contribution in [-0.4, -0.2) is 14.8 Å². The van der Waals surface area contributed by atoms with E-state index in [0.29, 0.717) is 0 Å². The SMILES string of the molecule is CCB(CC)/C(CC)=C(/C1CCCCC1)[Si](C)(C)C. The van der Waals surface area contributed by atoms with Crippen LogP contribution in [0.1, 0.15) is 59.3 Å². The Morgan fingerprint density at radius 1 is 0.947 bits per heavy atom. The van der Waals surface area contributed by atoms with Crippen molar-refractivity contribution >= 4 is 14.8 Å². The smallest absolute Gasteiger partial charge is 0.106 e. The van der Waals surface area contributed by atoms with Gasteiger partial charge in [0.15, 0.2) is 6.71 Å². The van der Waals surface area contributed by atoms with Gasteiger partial charge in [-0.25, -0.2) is 0 Å². The zero-order chi connectivity index (χ0) is 14.5. The van der Waals surface area contributed by atoms with Crippen LogP contribution in [0.5, 0.6) is 0 Å². The third kappa shape index (κ3) is 4.51. The molecule has 0 aromatic heterocycles. The molecule has 0 nitrogen and oxygen atoms in total. The van der Waals surface area contributed by atoms with E-state index < -0.39 is 8.07 Å². The molecule has 1 rings (SSSR count). The molecule has 0 bridgehead atoms. The van der Waals surface area contributed by atoms with Crippen LogP contribution in [0, 0.1) is 5.92 Å². The van der Waals surface area contributed by atoms with E-state index in [-0.39, 0.29) is 0 Å². The van der Waals surface area contributed by atoms with Crippen molar-refractivity contribution in [1.82, 2.24) is 0 Å². The fourth-order valence-corrected chi connectivity index (χ4v) is 7.09. The summed E-state index contributed by atoms with van der Waals surface area (Å²) in [7, 11) is -1.17. The Hall–Kier alpha value is 0.0218. The van der Waals surface area contributed by atoms with Gasteiger partial charge in [-0.05, 0) is 25.2 Å². The van der Waals surface area contributed by atoms with E-state index in [0.717, 1.165) is 12.6 Å². The molecule has 0 spiro atoms. The average molecular weight is 278 g/mol. The summed E-state index contributed by atoms with van der Waals surface area (Å²) >= 11 is 0. The molecular weight excluding hydrogens is 243 g/mol. The van der Waals surface area contributed by atoms with Gasteiger partial charge in [-0.2, -0.15) is 0 Å². The predicted octanol–water partition coefficient (Wildman–Crippen LogP) is 6.22. The number of hydrogen-bond donors (Lipinski definition) is 0. The van der Waals surface area contributed by atoms with Gasteiger partial charge in [0.1, 0.15) is 0 Å². The molecule has 110 valence electrons. The van der Waals surface area contributed by atoms with E-state index in [9.17, 15) is 0 Å².